The van der Waals surface area contributed by atoms with E-state index in [1.807, 2.05) is 18.2 Å². The third-order valence-electron chi connectivity index (χ3n) is 4.71. The molecule has 0 radical (unpaired) electrons. The van der Waals surface area contributed by atoms with Gasteiger partial charge in [0.05, 0.1) is 12.1 Å². The first-order valence-electron chi connectivity index (χ1n) is 7.29. The molecule has 1 fully saturated rings. The molecule has 0 amide bonds. The second-order valence-electron chi connectivity index (χ2n) is 6.38. The van der Waals surface area contributed by atoms with Crippen LogP contribution in [0.15, 0.2) is 18.2 Å². The molecule has 0 heterocycles. The van der Waals surface area contributed by atoms with Crippen LogP contribution in [0.4, 0.5) is 0 Å². The lowest BCUT2D eigenvalue weighted by atomic mass is 9.65. The van der Waals surface area contributed by atoms with Crippen molar-refractivity contribution in [3.05, 3.63) is 28.8 Å². The topological polar surface area (TPSA) is 47.3 Å². The summed E-state index contributed by atoms with van der Waals surface area (Å²) in [6.07, 6.45) is 5.04. The van der Waals surface area contributed by atoms with Gasteiger partial charge in [-0.1, -0.05) is 44.4 Å². The summed E-state index contributed by atoms with van der Waals surface area (Å²) in [7, 11) is 1.64. The summed E-state index contributed by atoms with van der Waals surface area (Å²) in [6, 6.07) is 6.06. The average Bonchev–Trinajstić information content (AvgIpc) is 2.42. The van der Waals surface area contributed by atoms with E-state index in [0.717, 1.165) is 5.56 Å². The number of nitrogens with one attached hydrogen (secondary N) is 1. The molecular formula is C16H25ClN2O. The van der Waals surface area contributed by atoms with Crippen LogP contribution in [0.2, 0.25) is 5.02 Å². The number of rotatable bonds is 4. The zero-order valence-electron chi connectivity index (χ0n) is 12.6. The van der Waals surface area contributed by atoms with E-state index < -0.39 is 0 Å². The first kappa shape index (κ1) is 15.6. The van der Waals surface area contributed by atoms with Gasteiger partial charge in [0.1, 0.15) is 5.75 Å². The summed E-state index contributed by atoms with van der Waals surface area (Å²) in [4.78, 5) is 0. The van der Waals surface area contributed by atoms with Crippen molar-refractivity contribution in [1.82, 2.24) is 5.43 Å². The van der Waals surface area contributed by atoms with E-state index in [-0.39, 0.29) is 6.04 Å². The Kier molecular flexibility index (Phi) is 4.95. The summed E-state index contributed by atoms with van der Waals surface area (Å²) in [5, 5.41) is 0.634. The molecule has 1 aromatic rings. The average molecular weight is 297 g/mol. The SMILES string of the molecule is COc1cc(C(NN)C2CCCCC2(C)C)ccc1Cl. The first-order valence-corrected chi connectivity index (χ1v) is 7.67. The van der Waals surface area contributed by atoms with Crippen molar-refractivity contribution in [3.63, 3.8) is 0 Å². The summed E-state index contributed by atoms with van der Waals surface area (Å²) < 4.78 is 5.32. The van der Waals surface area contributed by atoms with Gasteiger partial charge in [0.15, 0.2) is 0 Å². The van der Waals surface area contributed by atoms with E-state index in [1.54, 1.807) is 7.11 Å². The molecule has 0 bridgehead atoms. The maximum Gasteiger partial charge on any atom is 0.137 e. The zero-order valence-corrected chi connectivity index (χ0v) is 13.3. The van der Waals surface area contributed by atoms with Crippen molar-refractivity contribution in [2.45, 2.75) is 45.6 Å². The summed E-state index contributed by atoms with van der Waals surface area (Å²) >= 11 is 6.11. The van der Waals surface area contributed by atoms with Crippen molar-refractivity contribution >= 4 is 11.6 Å². The lowest BCUT2D eigenvalue weighted by Crippen LogP contribution is -2.41. The van der Waals surface area contributed by atoms with E-state index in [9.17, 15) is 0 Å². The Morgan fingerprint density at radius 2 is 2.15 bits per heavy atom. The second kappa shape index (κ2) is 6.33. The molecular weight excluding hydrogens is 272 g/mol. The van der Waals surface area contributed by atoms with Crippen LogP contribution >= 0.6 is 11.6 Å². The highest BCUT2D eigenvalue weighted by Crippen LogP contribution is 2.47. The van der Waals surface area contributed by atoms with E-state index in [2.05, 4.69) is 19.3 Å². The fourth-order valence-corrected chi connectivity index (χ4v) is 3.65. The lowest BCUT2D eigenvalue weighted by Gasteiger charge is -2.43. The standard InChI is InChI=1S/C16H25ClN2O/c1-16(2)9-5-4-6-12(16)15(19-18)11-7-8-13(17)14(10-11)20-3/h7-8,10,12,15,19H,4-6,9,18H2,1-3H3. The van der Waals surface area contributed by atoms with Gasteiger partial charge in [-0.25, -0.2) is 0 Å². The van der Waals surface area contributed by atoms with Gasteiger partial charge >= 0.3 is 0 Å². The van der Waals surface area contributed by atoms with Gasteiger partial charge in [0.2, 0.25) is 0 Å². The van der Waals surface area contributed by atoms with Crippen LogP contribution in [-0.4, -0.2) is 7.11 Å². The zero-order chi connectivity index (χ0) is 14.8. The minimum atomic E-state index is 0.136. The van der Waals surface area contributed by atoms with Crippen molar-refractivity contribution in [2.24, 2.45) is 17.2 Å². The highest BCUT2D eigenvalue weighted by molar-refractivity contribution is 6.32. The molecule has 112 valence electrons. The van der Waals surface area contributed by atoms with E-state index in [1.165, 1.54) is 25.7 Å². The van der Waals surface area contributed by atoms with Gasteiger partial charge in [0.25, 0.3) is 0 Å². The second-order valence-corrected chi connectivity index (χ2v) is 6.79. The summed E-state index contributed by atoms with van der Waals surface area (Å²) in [5.74, 6) is 7.09. The highest BCUT2D eigenvalue weighted by atomic mass is 35.5. The predicted octanol–water partition coefficient (Wildman–Crippen LogP) is 4.07. The maximum absolute atomic E-state index is 6.11. The van der Waals surface area contributed by atoms with Crippen molar-refractivity contribution in [1.29, 1.82) is 0 Å². The van der Waals surface area contributed by atoms with E-state index >= 15 is 0 Å². The highest BCUT2D eigenvalue weighted by Gasteiger charge is 2.37. The number of benzene rings is 1. The van der Waals surface area contributed by atoms with Crippen LogP contribution < -0.4 is 16.0 Å². The molecule has 4 heteroatoms. The normalized spacial score (nSPS) is 23.4. The number of nitrogens with two attached hydrogens (primary N) is 1. The first-order chi connectivity index (χ1) is 9.49. The summed E-state index contributed by atoms with van der Waals surface area (Å²) in [6.45, 7) is 4.68. The Labute approximate surface area is 126 Å². The number of ether oxygens (including phenoxy) is 1. The van der Waals surface area contributed by atoms with Crippen molar-refractivity contribution < 1.29 is 4.74 Å². The van der Waals surface area contributed by atoms with Gasteiger partial charge in [0, 0.05) is 6.04 Å². The molecule has 0 aromatic heterocycles. The lowest BCUT2D eigenvalue weighted by molar-refractivity contribution is 0.0981. The van der Waals surface area contributed by atoms with Crippen molar-refractivity contribution in [3.8, 4) is 5.75 Å². The monoisotopic (exact) mass is 296 g/mol. The van der Waals surface area contributed by atoms with Gasteiger partial charge < -0.3 is 4.74 Å². The van der Waals surface area contributed by atoms with Gasteiger partial charge in [-0.3, -0.25) is 11.3 Å². The molecule has 2 rings (SSSR count). The molecule has 2 unspecified atom stereocenters. The van der Waals surface area contributed by atoms with Crippen LogP contribution in [-0.2, 0) is 0 Å². The molecule has 0 aliphatic heterocycles. The number of hydrogen-bond donors (Lipinski definition) is 2. The molecule has 2 atom stereocenters. The number of hydrogen-bond acceptors (Lipinski definition) is 3. The van der Waals surface area contributed by atoms with Crippen LogP contribution in [0.3, 0.4) is 0 Å². The van der Waals surface area contributed by atoms with Crippen molar-refractivity contribution in [2.75, 3.05) is 7.11 Å². The molecule has 3 N–H and O–H groups in total. The minimum absolute atomic E-state index is 0.136. The van der Waals surface area contributed by atoms with Crippen LogP contribution in [0.5, 0.6) is 5.75 Å². The maximum atomic E-state index is 6.11. The Balaban J connectivity index is 2.31. The molecule has 1 aliphatic carbocycles. The molecule has 3 nitrogen and oxygen atoms in total. The molecule has 0 saturated heterocycles. The Bertz CT molecular complexity index is 462. The third kappa shape index (κ3) is 3.11. The number of hydrazine groups is 1. The minimum Gasteiger partial charge on any atom is -0.495 e. The van der Waals surface area contributed by atoms with Gasteiger partial charge in [-0.05, 0) is 41.9 Å². The molecule has 1 aliphatic rings. The fraction of sp³-hybridized carbons (Fsp3) is 0.625. The molecule has 20 heavy (non-hydrogen) atoms. The van der Waals surface area contributed by atoms with Crippen LogP contribution in [0.1, 0.15) is 51.1 Å². The van der Waals surface area contributed by atoms with E-state index in [0.29, 0.717) is 22.1 Å². The Morgan fingerprint density at radius 1 is 1.40 bits per heavy atom. The number of halogens is 1. The van der Waals surface area contributed by atoms with Crippen LogP contribution in [0.25, 0.3) is 0 Å². The van der Waals surface area contributed by atoms with Gasteiger partial charge in [-0.2, -0.15) is 0 Å². The van der Waals surface area contributed by atoms with Gasteiger partial charge in [-0.15, -0.1) is 0 Å². The van der Waals surface area contributed by atoms with E-state index in [4.69, 9.17) is 22.2 Å². The molecule has 0 spiro atoms. The fourth-order valence-electron chi connectivity index (χ4n) is 3.45. The Hall–Kier alpha value is -0.770. The smallest absolute Gasteiger partial charge is 0.137 e. The predicted molar refractivity (Wildman–Crippen MR) is 83.8 cm³/mol. The third-order valence-corrected chi connectivity index (χ3v) is 5.02. The largest absolute Gasteiger partial charge is 0.495 e. The summed E-state index contributed by atoms with van der Waals surface area (Å²) in [5.41, 5.74) is 4.46. The molecule has 1 aromatic carbocycles. The number of methoxy groups -OCH3 is 1. The Morgan fingerprint density at radius 3 is 2.75 bits per heavy atom. The van der Waals surface area contributed by atoms with Crippen LogP contribution in [0, 0.1) is 11.3 Å². The quantitative estimate of drug-likeness (QED) is 0.650. The molecule has 1 saturated carbocycles.